The Morgan fingerprint density at radius 2 is 2.05 bits per heavy atom. The smallest absolute Gasteiger partial charge is 0.358 e. The number of aromatic nitrogens is 1. The van der Waals surface area contributed by atoms with Crippen molar-refractivity contribution in [1.29, 1.82) is 0 Å². The van der Waals surface area contributed by atoms with Crippen LogP contribution in [0.3, 0.4) is 0 Å². The molecule has 2 aromatic heterocycles. The zero-order chi connectivity index (χ0) is 14.7. The lowest BCUT2D eigenvalue weighted by atomic mass is 10.1. The first kappa shape index (κ1) is 14.0. The molecule has 0 amide bonds. The SMILES string of the molecule is Cc1ccccc1COC(=O)c1csc(-c2cccs2)n1. The van der Waals surface area contributed by atoms with Gasteiger partial charge in [-0.15, -0.1) is 22.7 Å². The van der Waals surface area contributed by atoms with Gasteiger partial charge in [0.05, 0.1) is 4.88 Å². The van der Waals surface area contributed by atoms with Crippen molar-refractivity contribution in [3.05, 3.63) is 64.0 Å². The lowest BCUT2D eigenvalue weighted by molar-refractivity contribution is 0.0466. The fourth-order valence-electron chi connectivity index (χ4n) is 1.87. The van der Waals surface area contributed by atoms with Crippen molar-refractivity contribution < 1.29 is 9.53 Å². The molecule has 0 bridgehead atoms. The number of benzene rings is 1. The first-order chi connectivity index (χ1) is 10.2. The van der Waals surface area contributed by atoms with Crippen molar-refractivity contribution in [3.8, 4) is 9.88 Å². The van der Waals surface area contributed by atoms with E-state index in [0.29, 0.717) is 5.69 Å². The average molecular weight is 315 g/mol. The third-order valence-electron chi connectivity index (χ3n) is 3.07. The highest BCUT2D eigenvalue weighted by atomic mass is 32.1. The number of thiazole rings is 1. The minimum absolute atomic E-state index is 0.275. The Kier molecular flexibility index (Phi) is 4.13. The maximum Gasteiger partial charge on any atom is 0.358 e. The van der Waals surface area contributed by atoms with E-state index in [-0.39, 0.29) is 12.6 Å². The minimum Gasteiger partial charge on any atom is -0.456 e. The topological polar surface area (TPSA) is 39.2 Å². The molecule has 0 aliphatic heterocycles. The van der Waals surface area contributed by atoms with E-state index in [2.05, 4.69) is 4.98 Å². The van der Waals surface area contributed by atoms with E-state index in [1.165, 1.54) is 11.3 Å². The standard InChI is InChI=1S/C16H13NO2S2/c1-11-5-2-3-6-12(11)9-19-16(18)13-10-21-15(17-13)14-7-4-8-20-14/h2-8,10H,9H2,1H3. The summed E-state index contributed by atoms with van der Waals surface area (Å²) in [6, 6.07) is 11.8. The fraction of sp³-hybridized carbons (Fsp3) is 0.125. The molecule has 0 radical (unpaired) electrons. The summed E-state index contributed by atoms with van der Waals surface area (Å²) in [5.74, 6) is -0.377. The zero-order valence-corrected chi connectivity index (χ0v) is 13.0. The number of carbonyl (C=O) groups is 1. The second-order valence-electron chi connectivity index (χ2n) is 4.52. The van der Waals surface area contributed by atoms with Gasteiger partial charge >= 0.3 is 5.97 Å². The zero-order valence-electron chi connectivity index (χ0n) is 11.4. The number of ether oxygens (including phenoxy) is 1. The Hall–Kier alpha value is -1.98. The van der Waals surface area contributed by atoms with Crippen LogP contribution in [0.25, 0.3) is 9.88 Å². The first-order valence-electron chi connectivity index (χ1n) is 6.45. The molecule has 106 valence electrons. The summed E-state index contributed by atoms with van der Waals surface area (Å²) in [4.78, 5) is 17.4. The Balaban J connectivity index is 1.68. The number of hydrogen-bond donors (Lipinski definition) is 0. The number of carbonyl (C=O) groups excluding carboxylic acids is 1. The summed E-state index contributed by atoms with van der Waals surface area (Å²) in [5.41, 5.74) is 2.50. The van der Waals surface area contributed by atoms with E-state index in [0.717, 1.165) is 21.0 Å². The van der Waals surface area contributed by atoms with Gasteiger partial charge in [-0.1, -0.05) is 30.3 Å². The lowest BCUT2D eigenvalue weighted by Gasteiger charge is -2.05. The van der Waals surface area contributed by atoms with E-state index in [9.17, 15) is 4.79 Å². The summed E-state index contributed by atoms with van der Waals surface area (Å²) in [7, 11) is 0. The fourth-order valence-corrected chi connectivity index (χ4v) is 3.47. The van der Waals surface area contributed by atoms with Gasteiger partial charge in [-0.25, -0.2) is 9.78 Å². The van der Waals surface area contributed by atoms with Crippen molar-refractivity contribution in [2.75, 3.05) is 0 Å². The highest BCUT2D eigenvalue weighted by Gasteiger charge is 2.14. The van der Waals surface area contributed by atoms with Gasteiger partial charge < -0.3 is 4.74 Å². The van der Waals surface area contributed by atoms with Crippen molar-refractivity contribution in [1.82, 2.24) is 4.98 Å². The van der Waals surface area contributed by atoms with Crippen LogP contribution < -0.4 is 0 Å². The van der Waals surface area contributed by atoms with Gasteiger partial charge in [0, 0.05) is 5.38 Å². The number of hydrogen-bond acceptors (Lipinski definition) is 5. The molecule has 0 unspecified atom stereocenters. The van der Waals surface area contributed by atoms with E-state index in [4.69, 9.17) is 4.74 Å². The Labute approximate surface area is 130 Å². The molecule has 3 rings (SSSR count). The number of esters is 1. The summed E-state index contributed by atoms with van der Waals surface area (Å²) >= 11 is 3.07. The molecule has 0 aliphatic rings. The van der Waals surface area contributed by atoms with Gasteiger partial charge in [-0.3, -0.25) is 0 Å². The van der Waals surface area contributed by atoms with Crippen molar-refractivity contribution in [3.63, 3.8) is 0 Å². The van der Waals surface area contributed by atoms with Crippen LogP contribution in [0.5, 0.6) is 0 Å². The summed E-state index contributed by atoms with van der Waals surface area (Å²) in [6.07, 6.45) is 0. The molecule has 2 heterocycles. The van der Waals surface area contributed by atoms with Crippen LogP contribution in [-0.4, -0.2) is 11.0 Å². The summed E-state index contributed by atoms with van der Waals surface area (Å²) in [5, 5.41) is 4.59. The molecule has 0 spiro atoms. The van der Waals surface area contributed by atoms with Crippen LogP contribution in [0.2, 0.25) is 0 Å². The minimum atomic E-state index is -0.377. The van der Waals surface area contributed by atoms with Gasteiger partial charge in [0.2, 0.25) is 0 Å². The average Bonchev–Trinajstić information content (AvgIpc) is 3.16. The van der Waals surface area contributed by atoms with E-state index < -0.39 is 0 Å². The summed E-state index contributed by atoms with van der Waals surface area (Å²) < 4.78 is 5.33. The quantitative estimate of drug-likeness (QED) is 0.664. The number of aryl methyl sites for hydroxylation is 1. The predicted octanol–water partition coefficient (Wildman–Crippen LogP) is 4.54. The maximum absolute atomic E-state index is 12.0. The number of thiophene rings is 1. The molecular weight excluding hydrogens is 302 g/mol. The van der Waals surface area contributed by atoms with Crippen LogP contribution in [0.4, 0.5) is 0 Å². The van der Waals surface area contributed by atoms with Crippen molar-refractivity contribution in [2.24, 2.45) is 0 Å². The predicted molar refractivity (Wildman–Crippen MR) is 85.7 cm³/mol. The highest BCUT2D eigenvalue weighted by molar-refractivity contribution is 7.20. The molecule has 5 heteroatoms. The second-order valence-corrected chi connectivity index (χ2v) is 6.32. The largest absolute Gasteiger partial charge is 0.456 e. The molecular formula is C16H13NO2S2. The maximum atomic E-state index is 12.0. The molecule has 0 aliphatic carbocycles. The first-order valence-corrected chi connectivity index (χ1v) is 8.21. The van der Waals surface area contributed by atoms with Crippen LogP contribution in [0.1, 0.15) is 21.6 Å². The Morgan fingerprint density at radius 1 is 1.19 bits per heavy atom. The molecule has 0 atom stereocenters. The van der Waals surface area contributed by atoms with Crippen LogP contribution in [0.15, 0.2) is 47.2 Å². The molecule has 0 fully saturated rings. The van der Waals surface area contributed by atoms with E-state index in [1.54, 1.807) is 16.7 Å². The number of nitrogens with zero attached hydrogens (tertiary/aromatic N) is 1. The molecule has 0 saturated carbocycles. The molecule has 21 heavy (non-hydrogen) atoms. The molecule has 0 N–H and O–H groups in total. The van der Waals surface area contributed by atoms with Gasteiger partial charge in [-0.2, -0.15) is 0 Å². The molecule has 3 nitrogen and oxygen atoms in total. The van der Waals surface area contributed by atoms with Gasteiger partial charge in [0.1, 0.15) is 11.6 Å². The van der Waals surface area contributed by atoms with E-state index >= 15 is 0 Å². The molecule has 3 aromatic rings. The van der Waals surface area contributed by atoms with Crippen molar-refractivity contribution >= 4 is 28.6 Å². The monoisotopic (exact) mass is 315 g/mol. The van der Waals surface area contributed by atoms with Gasteiger partial charge in [-0.05, 0) is 29.5 Å². The lowest BCUT2D eigenvalue weighted by Crippen LogP contribution is -2.06. The highest BCUT2D eigenvalue weighted by Crippen LogP contribution is 2.28. The number of rotatable bonds is 4. The Morgan fingerprint density at radius 3 is 2.81 bits per heavy atom. The third-order valence-corrected chi connectivity index (χ3v) is 4.95. The Bertz CT molecular complexity index is 747. The van der Waals surface area contributed by atoms with E-state index in [1.807, 2.05) is 48.7 Å². The normalized spacial score (nSPS) is 10.5. The van der Waals surface area contributed by atoms with Gasteiger partial charge in [0.25, 0.3) is 0 Å². The summed E-state index contributed by atoms with van der Waals surface area (Å²) in [6.45, 7) is 2.28. The van der Waals surface area contributed by atoms with Crippen LogP contribution in [-0.2, 0) is 11.3 Å². The molecule has 1 aromatic carbocycles. The molecule has 0 saturated heterocycles. The second kappa shape index (κ2) is 6.20. The third kappa shape index (κ3) is 3.20. The van der Waals surface area contributed by atoms with Crippen LogP contribution >= 0.6 is 22.7 Å². The van der Waals surface area contributed by atoms with Crippen LogP contribution in [0, 0.1) is 6.92 Å². The van der Waals surface area contributed by atoms with Crippen molar-refractivity contribution in [2.45, 2.75) is 13.5 Å². The van der Waals surface area contributed by atoms with Gasteiger partial charge in [0.15, 0.2) is 5.69 Å².